The first-order valence-corrected chi connectivity index (χ1v) is 6.26. The van der Waals surface area contributed by atoms with Gasteiger partial charge in [0.15, 0.2) is 0 Å². The Morgan fingerprint density at radius 2 is 2.11 bits per heavy atom. The van der Waals surface area contributed by atoms with E-state index in [9.17, 15) is 4.79 Å². The van der Waals surface area contributed by atoms with Gasteiger partial charge in [0.25, 0.3) is 5.91 Å². The van der Waals surface area contributed by atoms with Gasteiger partial charge in [-0.05, 0) is 38.0 Å². The first-order valence-electron chi connectivity index (χ1n) is 6.26. The molecule has 0 aliphatic heterocycles. The summed E-state index contributed by atoms with van der Waals surface area (Å²) in [5, 5.41) is 9.35. The van der Waals surface area contributed by atoms with Crippen molar-refractivity contribution in [2.24, 2.45) is 0 Å². The monoisotopic (exact) mass is 259 g/mol. The highest BCUT2D eigenvalue weighted by Gasteiger charge is 2.13. The molecule has 6 heteroatoms. The summed E-state index contributed by atoms with van der Waals surface area (Å²) in [4.78, 5) is 20.3. The zero-order valence-corrected chi connectivity index (χ0v) is 11.3. The summed E-state index contributed by atoms with van der Waals surface area (Å²) >= 11 is 0. The quantitative estimate of drug-likeness (QED) is 0.879. The van der Waals surface area contributed by atoms with Crippen LogP contribution < -0.4 is 5.32 Å². The number of aryl methyl sites for hydroxylation is 3. The zero-order valence-electron chi connectivity index (χ0n) is 11.3. The Bertz CT molecular complexity index is 570. The van der Waals surface area contributed by atoms with Gasteiger partial charge in [-0.1, -0.05) is 6.92 Å². The number of nitrogens with one attached hydrogen (secondary N) is 2. The summed E-state index contributed by atoms with van der Waals surface area (Å²) in [6.07, 6.45) is 1.73. The Morgan fingerprint density at radius 1 is 1.32 bits per heavy atom. The first kappa shape index (κ1) is 13.2. The Morgan fingerprint density at radius 3 is 2.79 bits per heavy atom. The SMILES string of the molecule is CCCc1nc(C(=O)Nc2cc(C)cc(C)n2)n[nH]1. The maximum Gasteiger partial charge on any atom is 0.296 e. The lowest BCUT2D eigenvalue weighted by Crippen LogP contribution is -2.15. The molecule has 0 unspecified atom stereocenters. The lowest BCUT2D eigenvalue weighted by atomic mass is 10.2. The van der Waals surface area contributed by atoms with Gasteiger partial charge in [0.1, 0.15) is 11.6 Å². The second-order valence-corrected chi connectivity index (χ2v) is 4.48. The molecule has 0 spiro atoms. The molecular formula is C13H17N5O. The van der Waals surface area contributed by atoms with Crippen molar-refractivity contribution in [2.45, 2.75) is 33.6 Å². The van der Waals surface area contributed by atoms with Crippen LogP contribution in [0, 0.1) is 13.8 Å². The molecule has 0 aliphatic rings. The Labute approximate surface area is 111 Å². The number of anilines is 1. The molecule has 0 atom stereocenters. The van der Waals surface area contributed by atoms with Crippen molar-refractivity contribution in [1.82, 2.24) is 20.2 Å². The van der Waals surface area contributed by atoms with Crippen molar-refractivity contribution in [2.75, 3.05) is 5.32 Å². The predicted molar refractivity (Wildman–Crippen MR) is 72.0 cm³/mol. The topological polar surface area (TPSA) is 83.6 Å². The number of aromatic nitrogens is 4. The standard InChI is InChI=1S/C13H17N5O/c1-4-5-10-15-12(18-17-10)13(19)16-11-7-8(2)6-9(3)14-11/h6-7H,4-5H2,1-3H3,(H,14,16,19)(H,15,17,18). The molecule has 2 aromatic rings. The van der Waals surface area contributed by atoms with E-state index in [0.29, 0.717) is 5.82 Å². The van der Waals surface area contributed by atoms with E-state index in [4.69, 9.17) is 0 Å². The Balaban J connectivity index is 2.11. The lowest BCUT2D eigenvalue weighted by Gasteiger charge is -2.04. The van der Waals surface area contributed by atoms with Gasteiger partial charge in [-0.25, -0.2) is 9.97 Å². The van der Waals surface area contributed by atoms with Gasteiger partial charge in [0.2, 0.25) is 5.82 Å². The average Bonchev–Trinajstić information content (AvgIpc) is 2.76. The number of carbonyl (C=O) groups excluding carboxylic acids is 1. The lowest BCUT2D eigenvalue weighted by molar-refractivity contribution is 0.101. The molecule has 0 aromatic carbocycles. The minimum absolute atomic E-state index is 0.143. The highest BCUT2D eigenvalue weighted by Crippen LogP contribution is 2.10. The predicted octanol–water partition coefficient (Wildman–Crippen LogP) is 2.02. The number of H-pyrrole nitrogens is 1. The number of hydrogen-bond donors (Lipinski definition) is 2. The molecule has 0 fully saturated rings. The second kappa shape index (κ2) is 5.60. The van der Waals surface area contributed by atoms with Crippen LogP contribution in [0.25, 0.3) is 0 Å². The summed E-state index contributed by atoms with van der Waals surface area (Å²) in [7, 11) is 0. The van der Waals surface area contributed by atoms with Crippen LogP contribution >= 0.6 is 0 Å². The van der Waals surface area contributed by atoms with Crippen LogP contribution in [0.4, 0.5) is 5.82 Å². The molecule has 0 saturated carbocycles. The Kier molecular flexibility index (Phi) is 3.89. The molecule has 19 heavy (non-hydrogen) atoms. The van der Waals surface area contributed by atoms with Gasteiger partial charge in [-0.3, -0.25) is 9.89 Å². The summed E-state index contributed by atoms with van der Waals surface area (Å²) in [6.45, 7) is 5.88. The van der Waals surface area contributed by atoms with Crippen molar-refractivity contribution in [3.8, 4) is 0 Å². The van der Waals surface area contributed by atoms with Crippen molar-refractivity contribution >= 4 is 11.7 Å². The van der Waals surface area contributed by atoms with Gasteiger partial charge < -0.3 is 5.32 Å². The maximum absolute atomic E-state index is 12.0. The molecule has 2 aromatic heterocycles. The summed E-state index contributed by atoms with van der Waals surface area (Å²) in [5.41, 5.74) is 1.90. The summed E-state index contributed by atoms with van der Waals surface area (Å²) < 4.78 is 0. The minimum atomic E-state index is -0.351. The van der Waals surface area contributed by atoms with E-state index in [1.165, 1.54) is 0 Å². The molecule has 0 bridgehead atoms. The largest absolute Gasteiger partial charge is 0.304 e. The van der Waals surface area contributed by atoms with Crippen LogP contribution in [0.2, 0.25) is 0 Å². The number of amides is 1. The van der Waals surface area contributed by atoms with Crippen LogP contribution in [-0.2, 0) is 6.42 Å². The molecular weight excluding hydrogens is 242 g/mol. The van der Waals surface area contributed by atoms with Crippen LogP contribution in [0.5, 0.6) is 0 Å². The highest BCUT2D eigenvalue weighted by molar-refractivity contribution is 6.00. The van der Waals surface area contributed by atoms with E-state index in [2.05, 4.69) is 25.5 Å². The van der Waals surface area contributed by atoms with Crippen LogP contribution in [0.3, 0.4) is 0 Å². The molecule has 0 aliphatic carbocycles. The number of pyridine rings is 1. The van der Waals surface area contributed by atoms with Gasteiger partial charge in [0, 0.05) is 12.1 Å². The smallest absolute Gasteiger partial charge is 0.296 e. The maximum atomic E-state index is 12.0. The second-order valence-electron chi connectivity index (χ2n) is 4.48. The van der Waals surface area contributed by atoms with Gasteiger partial charge in [-0.15, -0.1) is 5.10 Å². The van der Waals surface area contributed by atoms with Crippen molar-refractivity contribution in [1.29, 1.82) is 0 Å². The van der Waals surface area contributed by atoms with Crippen LogP contribution in [0.15, 0.2) is 12.1 Å². The molecule has 2 rings (SSSR count). The van der Waals surface area contributed by atoms with Crippen molar-refractivity contribution < 1.29 is 4.79 Å². The van der Waals surface area contributed by atoms with E-state index in [0.717, 1.165) is 29.9 Å². The fourth-order valence-corrected chi connectivity index (χ4v) is 1.82. The van der Waals surface area contributed by atoms with E-state index < -0.39 is 0 Å². The Hall–Kier alpha value is -2.24. The van der Waals surface area contributed by atoms with E-state index in [1.807, 2.05) is 32.9 Å². The van der Waals surface area contributed by atoms with E-state index in [-0.39, 0.29) is 11.7 Å². The third-order valence-electron chi connectivity index (χ3n) is 2.56. The molecule has 1 amide bonds. The molecule has 6 nitrogen and oxygen atoms in total. The summed E-state index contributed by atoms with van der Waals surface area (Å²) in [5.74, 6) is 1.03. The molecule has 0 saturated heterocycles. The number of aromatic amines is 1. The summed E-state index contributed by atoms with van der Waals surface area (Å²) in [6, 6.07) is 3.76. The van der Waals surface area contributed by atoms with Gasteiger partial charge in [0.05, 0.1) is 0 Å². The van der Waals surface area contributed by atoms with Crippen molar-refractivity contribution in [3.05, 3.63) is 35.0 Å². The third-order valence-corrected chi connectivity index (χ3v) is 2.56. The van der Waals surface area contributed by atoms with Crippen molar-refractivity contribution in [3.63, 3.8) is 0 Å². The molecule has 2 N–H and O–H groups in total. The number of carbonyl (C=O) groups is 1. The van der Waals surface area contributed by atoms with Crippen LogP contribution in [-0.4, -0.2) is 26.1 Å². The van der Waals surface area contributed by atoms with E-state index in [1.54, 1.807) is 0 Å². The molecule has 100 valence electrons. The fourth-order valence-electron chi connectivity index (χ4n) is 1.82. The number of hydrogen-bond acceptors (Lipinski definition) is 4. The first-order chi connectivity index (χ1) is 9.08. The van der Waals surface area contributed by atoms with Gasteiger partial charge in [-0.2, -0.15) is 0 Å². The zero-order chi connectivity index (χ0) is 13.8. The normalized spacial score (nSPS) is 10.5. The molecule has 0 radical (unpaired) electrons. The van der Waals surface area contributed by atoms with Crippen LogP contribution in [0.1, 0.15) is 41.0 Å². The highest BCUT2D eigenvalue weighted by atomic mass is 16.2. The number of nitrogens with zero attached hydrogens (tertiary/aromatic N) is 3. The average molecular weight is 259 g/mol. The fraction of sp³-hybridized carbons (Fsp3) is 0.385. The van der Waals surface area contributed by atoms with Gasteiger partial charge >= 0.3 is 0 Å². The van der Waals surface area contributed by atoms with E-state index >= 15 is 0 Å². The number of rotatable bonds is 4. The molecule has 2 heterocycles. The third kappa shape index (κ3) is 3.37. The minimum Gasteiger partial charge on any atom is -0.304 e.